The molecule has 0 atom stereocenters. The predicted octanol–water partition coefficient (Wildman–Crippen LogP) is 2.43. The van der Waals surface area contributed by atoms with Crippen LogP contribution in [0.2, 0.25) is 0 Å². The minimum Gasteiger partial charge on any atom is -0.490 e. The molecule has 0 aromatic heterocycles. The summed E-state index contributed by atoms with van der Waals surface area (Å²) in [6, 6.07) is 4.28. The largest absolute Gasteiger partial charge is 0.490 e. The standard InChI is InChI=1S/C17H24N2O6S/c1-4-23-13-8-7-12(9-14(13)24-5-2)18-17(22)19-15(20)10-26-11-16(21)25-6-3/h7-9H,4-6,10-11H2,1-3H3,(H2,18,19,20,22). The fraction of sp³-hybridized carbons (Fsp3) is 0.471. The number of ether oxygens (including phenoxy) is 3. The number of hydrogen-bond donors (Lipinski definition) is 2. The SMILES string of the molecule is CCOC(=O)CSCC(=O)NC(=O)Nc1ccc(OCC)c(OCC)c1. The van der Waals surface area contributed by atoms with E-state index in [1.54, 1.807) is 25.1 Å². The van der Waals surface area contributed by atoms with E-state index in [1.807, 2.05) is 13.8 Å². The van der Waals surface area contributed by atoms with Gasteiger partial charge in [-0.15, -0.1) is 11.8 Å². The maximum atomic E-state index is 11.9. The minimum absolute atomic E-state index is 0.0281. The first-order valence-electron chi connectivity index (χ1n) is 8.23. The van der Waals surface area contributed by atoms with Crippen molar-refractivity contribution in [2.24, 2.45) is 0 Å². The molecule has 2 N–H and O–H groups in total. The Balaban J connectivity index is 2.50. The van der Waals surface area contributed by atoms with Crippen LogP contribution in [0.25, 0.3) is 0 Å². The molecule has 0 heterocycles. The molecule has 0 spiro atoms. The Morgan fingerprint density at radius 1 is 0.962 bits per heavy atom. The van der Waals surface area contributed by atoms with Crippen molar-refractivity contribution >= 4 is 35.4 Å². The highest BCUT2D eigenvalue weighted by atomic mass is 32.2. The summed E-state index contributed by atoms with van der Waals surface area (Å²) in [5.41, 5.74) is 0.460. The number of amides is 3. The molecule has 8 nitrogen and oxygen atoms in total. The number of esters is 1. The van der Waals surface area contributed by atoms with Crippen LogP contribution in [0, 0.1) is 0 Å². The number of urea groups is 1. The van der Waals surface area contributed by atoms with E-state index in [0.717, 1.165) is 11.8 Å². The van der Waals surface area contributed by atoms with E-state index in [0.29, 0.717) is 37.0 Å². The summed E-state index contributed by atoms with van der Waals surface area (Å²) in [5.74, 6) is 0.203. The van der Waals surface area contributed by atoms with Crippen molar-refractivity contribution in [2.45, 2.75) is 20.8 Å². The van der Waals surface area contributed by atoms with Gasteiger partial charge in [-0.1, -0.05) is 0 Å². The average Bonchev–Trinajstić information content (AvgIpc) is 2.57. The van der Waals surface area contributed by atoms with Gasteiger partial charge >= 0.3 is 12.0 Å². The highest BCUT2D eigenvalue weighted by molar-refractivity contribution is 8.00. The molecule has 26 heavy (non-hydrogen) atoms. The van der Waals surface area contributed by atoms with Crippen LogP contribution in [0.15, 0.2) is 18.2 Å². The lowest BCUT2D eigenvalue weighted by Gasteiger charge is -2.13. The molecule has 0 unspecified atom stereocenters. The van der Waals surface area contributed by atoms with Crippen molar-refractivity contribution in [1.82, 2.24) is 5.32 Å². The molecule has 0 aliphatic heterocycles. The summed E-state index contributed by atoms with van der Waals surface area (Å²) >= 11 is 1.07. The summed E-state index contributed by atoms with van der Waals surface area (Å²) in [7, 11) is 0. The van der Waals surface area contributed by atoms with Gasteiger partial charge in [0.15, 0.2) is 11.5 Å². The third-order valence-corrected chi connectivity index (χ3v) is 3.72. The smallest absolute Gasteiger partial charge is 0.325 e. The van der Waals surface area contributed by atoms with Crippen molar-refractivity contribution in [1.29, 1.82) is 0 Å². The average molecular weight is 384 g/mol. The third kappa shape index (κ3) is 8.11. The van der Waals surface area contributed by atoms with Crippen LogP contribution in [0.1, 0.15) is 20.8 Å². The van der Waals surface area contributed by atoms with Gasteiger partial charge in [-0.05, 0) is 32.9 Å². The van der Waals surface area contributed by atoms with Gasteiger partial charge in [0.1, 0.15) is 0 Å². The van der Waals surface area contributed by atoms with E-state index in [9.17, 15) is 14.4 Å². The van der Waals surface area contributed by atoms with Gasteiger partial charge in [-0.3, -0.25) is 14.9 Å². The fourth-order valence-electron chi connectivity index (χ4n) is 1.88. The van der Waals surface area contributed by atoms with Crippen molar-refractivity contribution in [2.75, 3.05) is 36.6 Å². The van der Waals surface area contributed by atoms with E-state index in [1.165, 1.54) is 0 Å². The molecule has 0 fully saturated rings. The molecule has 3 amide bonds. The molecule has 0 bridgehead atoms. The van der Waals surface area contributed by atoms with Crippen LogP contribution in [0.5, 0.6) is 11.5 Å². The zero-order valence-electron chi connectivity index (χ0n) is 15.1. The summed E-state index contributed by atoms with van der Waals surface area (Å²) in [5, 5.41) is 4.74. The number of hydrogen-bond acceptors (Lipinski definition) is 7. The predicted molar refractivity (Wildman–Crippen MR) is 99.9 cm³/mol. The number of carbonyl (C=O) groups excluding carboxylic acids is 3. The zero-order chi connectivity index (χ0) is 19.4. The highest BCUT2D eigenvalue weighted by Crippen LogP contribution is 2.30. The lowest BCUT2D eigenvalue weighted by Crippen LogP contribution is -2.35. The molecule has 144 valence electrons. The molecular formula is C17H24N2O6S. The summed E-state index contributed by atoms with van der Waals surface area (Å²) < 4.78 is 15.7. The van der Waals surface area contributed by atoms with Gasteiger partial charge in [0, 0.05) is 11.8 Å². The number of anilines is 1. The quantitative estimate of drug-likeness (QED) is 0.597. The third-order valence-electron chi connectivity index (χ3n) is 2.81. The Hall–Kier alpha value is -2.42. The Labute approximate surface area is 156 Å². The first kappa shape index (κ1) is 21.6. The minimum atomic E-state index is -0.668. The van der Waals surface area contributed by atoms with Gasteiger partial charge in [0.2, 0.25) is 5.91 Å². The van der Waals surface area contributed by atoms with Crippen molar-refractivity contribution < 1.29 is 28.6 Å². The molecular weight excluding hydrogens is 360 g/mol. The van der Waals surface area contributed by atoms with Gasteiger partial charge in [-0.25, -0.2) is 4.79 Å². The topological polar surface area (TPSA) is 103 Å². The highest BCUT2D eigenvalue weighted by Gasteiger charge is 2.12. The Kier molecular flexibility index (Phi) is 9.99. The maximum absolute atomic E-state index is 11.9. The maximum Gasteiger partial charge on any atom is 0.325 e. The molecule has 0 radical (unpaired) electrons. The Bertz CT molecular complexity index is 623. The van der Waals surface area contributed by atoms with E-state index in [4.69, 9.17) is 14.2 Å². The van der Waals surface area contributed by atoms with Crippen LogP contribution < -0.4 is 20.1 Å². The van der Waals surface area contributed by atoms with E-state index < -0.39 is 17.9 Å². The molecule has 0 aliphatic carbocycles. The Morgan fingerprint density at radius 3 is 2.31 bits per heavy atom. The van der Waals surface area contributed by atoms with Crippen LogP contribution in [0.4, 0.5) is 10.5 Å². The normalized spacial score (nSPS) is 9.96. The number of rotatable bonds is 10. The summed E-state index contributed by atoms with van der Waals surface area (Å²) in [6.07, 6.45) is 0. The molecule has 0 aliphatic rings. The second-order valence-corrected chi connectivity index (χ2v) is 5.81. The number of benzene rings is 1. The second kappa shape index (κ2) is 12.0. The monoisotopic (exact) mass is 384 g/mol. The van der Waals surface area contributed by atoms with Gasteiger partial charge in [0.25, 0.3) is 0 Å². The second-order valence-electron chi connectivity index (χ2n) is 4.83. The van der Waals surface area contributed by atoms with Crippen molar-refractivity contribution in [3.05, 3.63) is 18.2 Å². The molecule has 0 saturated carbocycles. The van der Waals surface area contributed by atoms with Crippen LogP contribution >= 0.6 is 11.8 Å². The van der Waals surface area contributed by atoms with Crippen LogP contribution in [0.3, 0.4) is 0 Å². The van der Waals surface area contributed by atoms with E-state index in [-0.39, 0.29) is 11.5 Å². The van der Waals surface area contributed by atoms with Gasteiger partial charge in [0.05, 0.1) is 31.3 Å². The number of thioether (sulfide) groups is 1. The number of imide groups is 1. The van der Waals surface area contributed by atoms with E-state index in [2.05, 4.69) is 10.6 Å². The van der Waals surface area contributed by atoms with Crippen molar-refractivity contribution in [3.63, 3.8) is 0 Å². The Morgan fingerprint density at radius 2 is 1.65 bits per heavy atom. The summed E-state index contributed by atoms with van der Waals surface area (Å²) in [6.45, 7) is 6.64. The number of nitrogens with one attached hydrogen (secondary N) is 2. The van der Waals surface area contributed by atoms with Crippen molar-refractivity contribution in [3.8, 4) is 11.5 Å². The molecule has 1 aromatic rings. The lowest BCUT2D eigenvalue weighted by molar-refractivity contribution is -0.139. The molecule has 1 aromatic carbocycles. The van der Waals surface area contributed by atoms with Gasteiger partial charge in [-0.2, -0.15) is 0 Å². The van der Waals surface area contributed by atoms with Crippen LogP contribution in [-0.4, -0.2) is 49.2 Å². The molecule has 1 rings (SSSR count). The van der Waals surface area contributed by atoms with Gasteiger partial charge < -0.3 is 19.5 Å². The molecule has 0 saturated heterocycles. The fourth-order valence-corrected chi connectivity index (χ4v) is 2.49. The number of carbonyl (C=O) groups is 3. The first-order chi connectivity index (χ1) is 12.5. The van der Waals surface area contributed by atoms with Crippen LogP contribution in [-0.2, 0) is 14.3 Å². The zero-order valence-corrected chi connectivity index (χ0v) is 15.9. The molecule has 9 heteroatoms. The lowest BCUT2D eigenvalue weighted by atomic mass is 10.2. The summed E-state index contributed by atoms with van der Waals surface area (Å²) in [4.78, 5) is 34.8. The van der Waals surface area contributed by atoms with E-state index >= 15 is 0 Å². The first-order valence-corrected chi connectivity index (χ1v) is 9.39.